The van der Waals surface area contributed by atoms with Crippen molar-refractivity contribution in [2.75, 3.05) is 0 Å². The van der Waals surface area contributed by atoms with Gasteiger partial charge in [0, 0.05) is 16.7 Å². The van der Waals surface area contributed by atoms with Crippen molar-refractivity contribution in [3.63, 3.8) is 0 Å². The van der Waals surface area contributed by atoms with Crippen LogP contribution >= 0.6 is 0 Å². The normalized spacial score (nSPS) is 14.5. The van der Waals surface area contributed by atoms with E-state index in [0.717, 1.165) is 11.1 Å². The molecular formula is C17H16N2O3. The van der Waals surface area contributed by atoms with Gasteiger partial charge in [0.2, 0.25) is 11.8 Å². The molecule has 2 aromatic rings. The van der Waals surface area contributed by atoms with Gasteiger partial charge in [-0.2, -0.15) is 0 Å². The summed E-state index contributed by atoms with van der Waals surface area (Å²) in [6.07, 6.45) is 4.71. The van der Waals surface area contributed by atoms with Crippen LogP contribution in [0.2, 0.25) is 0 Å². The maximum absolute atomic E-state index is 11.1. The average Bonchev–Trinajstić information content (AvgIpc) is 3.00. The highest BCUT2D eigenvalue weighted by molar-refractivity contribution is 5.91. The first-order valence-corrected chi connectivity index (χ1v) is 7.10. The lowest BCUT2D eigenvalue weighted by atomic mass is 9.99. The summed E-state index contributed by atoms with van der Waals surface area (Å²) in [5, 5.41) is 17.2. The molecule has 5 nitrogen and oxygen atoms in total. The van der Waals surface area contributed by atoms with Crippen molar-refractivity contribution < 1.29 is 14.3 Å². The van der Waals surface area contributed by atoms with Crippen LogP contribution in [0, 0.1) is 13.8 Å². The first-order chi connectivity index (χ1) is 10.5. The summed E-state index contributed by atoms with van der Waals surface area (Å²) in [6, 6.07) is 5.95. The highest BCUT2D eigenvalue weighted by Gasteiger charge is 2.17. The molecule has 0 aliphatic heterocycles. The minimum Gasteiger partial charge on any atom is -0.478 e. The minimum absolute atomic E-state index is 0.353. The molecule has 1 aliphatic rings. The smallest absolute Gasteiger partial charge is 0.331 e. The molecule has 0 unspecified atom stereocenters. The Morgan fingerprint density at radius 2 is 1.95 bits per heavy atom. The van der Waals surface area contributed by atoms with Gasteiger partial charge >= 0.3 is 5.97 Å². The number of aryl methyl sites for hydroxylation is 2. The van der Waals surface area contributed by atoms with Crippen molar-refractivity contribution in [3.05, 3.63) is 52.9 Å². The molecule has 1 aliphatic carbocycles. The van der Waals surface area contributed by atoms with Gasteiger partial charge in [0.15, 0.2) is 0 Å². The summed E-state index contributed by atoms with van der Waals surface area (Å²) in [4.78, 5) is 11.1. The summed E-state index contributed by atoms with van der Waals surface area (Å²) < 4.78 is 5.70. The molecule has 5 heteroatoms. The molecule has 1 heterocycles. The first kappa shape index (κ1) is 14.3. The van der Waals surface area contributed by atoms with Crippen LogP contribution in [0.3, 0.4) is 0 Å². The molecule has 0 saturated carbocycles. The lowest BCUT2D eigenvalue weighted by molar-refractivity contribution is -0.132. The van der Waals surface area contributed by atoms with Gasteiger partial charge in [-0.15, -0.1) is 10.2 Å². The van der Waals surface area contributed by atoms with Gasteiger partial charge in [-0.05, 0) is 56.0 Å². The number of aliphatic carboxylic acids is 1. The zero-order valence-electron chi connectivity index (χ0n) is 12.5. The molecule has 1 aromatic carbocycles. The number of aromatic nitrogens is 2. The van der Waals surface area contributed by atoms with E-state index < -0.39 is 5.97 Å². The predicted octanol–water partition coefficient (Wildman–Crippen LogP) is 3.54. The molecular weight excluding hydrogens is 280 g/mol. The van der Waals surface area contributed by atoms with Crippen molar-refractivity contribution in [2.45, 2.75) is 26.7 Å². The number of carboxylic acid groups (broad SMARTS) is 1. The average molecular weight is 296 g/mol. The zero-order chi connectivity index (χ0) is 15.7. The Labute approximate surface area is 128 Å². The highest BCUT2D eigenvalue weighted by atomic mass is 16.4. The highest BCUT2D eigenvalue weighted by Crippen LogP contribution is 2.27. The molecule has 0 fully saturated rings. The molecule has 0 spiro atoms. The molecule has 0 radical (unpaired) electrons. The van der Waals surface area contributed by atoms with Crippen LogP contribution < -0.4 is 0 Å². The summed E-state index contributed by atoms with van der Waals surface area (Å²) in [6.45, 7) is 4.07. The SMILES string of the molecule is Cc1ccc(-c2nnc(C3=CCCC(C(=O)O)=C3)o2)cc1C. The summed E-state index contributed by atoms with van der Waals surface area (Å²) in [5.74, 6) is -0.110. The van der Waals surface area contributed by atoms with E-state index in [4.69, 9.17) is 9.52 Å². The van der Waals surface area contributed by atoms with Gasteiger partial charge in [0.05, 0.1) is 0 Å². The van der Waals surface area contributed by atoms with Gasteiger partial charge in [0.25, 0.3) is 0 Å². The summed E-state index contributed by atoms with van der Waals surface area (Å²) in [5.41, 5.74) is 4.25. The van der Waals surface area contributed by atoms with Gasteiger partial charge in [-0.3, -0.25) is 0 Å². The second-order valence-electron chi connectivity index (χ2n) is 5.38. The van der Waals surface area contributed by atoms with E-state index in [1.807, 2.05) is 38.1 Å². The van der Waals surface area contributed by atoms with E-state index >= 15 is 0 Å². The maximum Gasteiger partial charge on any atom is 0.331 e. The third kappa shape index (κ3) is 2.70. The fourth-order valence-electron chi connectivity index (χ4n) is 2.35. The topological polar surface area (TPSA) is 76.2 Å². The van der Waals surface area contributed by atoms with E-state index in [0.29, 0.717) is 35.8 Å². The maximum atomic E-state index is 11.1. The Hall–Kier alpha value is -2.69. The quantitative estimate of drug-likeness (QED) is 0.937. The fourth-order valence-corrected chi connectivity index (χ4v) is 2.35. The van der Waals surface area contributed by atoms with Gasteiger partial charge in [-0.25, -0.2) is 4.79 Å². The van der Waals surface area contributed by atoms with Crippen molar-refractivity contribution in [1.82, 2.24) is 10.2 Å². The summed E-state index contributed by atoms with van der Waals surface area (Å²) in [7, 11) is 0. The van der Waals surface area contributed by atoms with Crippen molar-refractivity contribution >= 4 is 11.5 Å². The molecule has 112 valence electrons. The van der Waals surface area contributed by atoms with E-state index in [-0.39, 0.29) is 0 Å². The molecule has 0 atom stereocenters. The zero-order valence-corrected chi connectivity index (χ0v) is 12.5. The molecule has 1 aromatic heterocycles. The van der Waals surface area contributed by atoms with Crippen LogP contribution in [0.25, 0.3) is 17.0 Å². The third-order valence-electron chi connectivity index (χ3n) is 3.81. The van der Waals surface area contributed by atoms with Crippen LogP contribution in [0.4, 0.5) is 0 Å². The molecule has 3 rings (SSSR count). The number of nitrogens with zero attached hydrogens (tertiary/aromatic N) is 2. The van der Waals surface area contributed by atoms with Crippen molar-refractivity contribution in [1.29, 1.82) is 0 Å². The Bertz CT molecular complexity index is 800. The number of hydrogen-bond donors (Lipinski definition) is 1. The second kappa shape index (κ2) is 5.60. The third-order valence-corrected chi connectivity index (χ3v) is 3.81. The van der Waals surface area contributed by atoms with E-state index in [1.54, 1.807) is 6.08 Å². The van der Waals surface area contributed by atoms with E-state index in [1.165, 1.54) is 5.56 Å². The van der Waals surface area contributed by atoms with E-state index in [9.17, 15) is 4.79 Å². The Balaban J connectivity index is 1.92. The standard InChI is InChI=1S/C17H16N2O3/c1-10-6-7-13(8-11(10)2)16-19-18-15(22-16)12-4-3-5-14(9-12)17(20)21/h4,6-9H,3,5H2,1-2H3,(H,20,21). The minimum atomic E-state index is -0.903. The number of carboxylic acids is 1. The monoisotopic (exact) mass is 296 g/mol. The van der Waals surface area contributed by atoms with Crippen molar-refractivity contribution in [3.8, 4) is 11.5 Å². The van der Waals surface area contributed by atoms with Crippen LogP contribution in [0.15, 0.2) is 40.3 Å². The fraction of sp³-hybridized carbons (Fsp3) is 0.235. The molecule has 1 N–H and O–H groups in total. The number of rotatable bonds is 3. The number of benzene rings is 1. The van der Waals surface area contributed by atoms with Crippen LogP contribution in [0.5, 0.6) is 0 Å². The Morgan fingerprint density at radius 1 is 1.18 bits per heavy atom. The molecule has 22 heavy (non-hydrogen) atoms. The van der Waals surface area contributed by atoms with Gasteiger partial charge in [-0.1, -0.05) is 12.1 Å². The van der Waals surface area contributed by atoms with E-state index in [2.05, 4.69) is 10.2 Å². The van der Waals surface area contributed by atoms with Crippen LogP contribution in [0.1, 0.15) is 29.9 Å². The second-order valence-corrected chi connectivity index (χ2v) is 5.38. The lowest BCUT2D eigenvalue weighted by Gasteiger charge is -2.07. The first-order valence-electron chi connectivity index (χ1n) is 7.10. The van der Waals surface area contributed by atoms with Gasteiger partial charge in [0.1, 0.15) is 0 Å². The predicted molar refractivity (Wildman–Crippen MR) is 82.1 cm³/mol. The van der Waals surface area contributed by atoms with Crippen LogP contribution in [-0.4, -0.2) is 21.3 Å². The number of hydrogen-bond acceptors (Lipinski definition) is 4. The number of allylic oxidation sites excluding steroid dienone is 3. The van der Waals surface area contributed by atoms with Gasteiger partial charge < -0.3 is 9.52 Å². The largest absolute Gasteiger partial charge is 0.478 e. The molecule has 0 bridgehead atoms. The molecule has 0 amide bonds. The van der Waals surface area contributed by atoms with Crippen molar-refractivity contribution in [2.24, 2.45) is 0 Å². The Kier molecular flexibility index (Phi) is 3.63. The summed E-state index contributed by atoms with van der Waals surface area (Å²) >= 11 is 0. The lowest BCUT2D eigenvalue weighted by Crippen LogP contribution is -2.03. The molecule has 0 saturated heterocycles. The Morgan fingerprint density at radius 3 is 2.68 bits per heavy atom. The number of carbonyl (C=O) groups is 1. The van der Waals surface area contributed by atoms with Crippen LogP contribution in [-0.2, 0) is 4.79 Å².